The van der Waals surface area contributed by atoms with Crippen molar-refractivity contribution in [2.45, 2.75) is 116 Å². The number of nitrogens with one attached hydrogen (secondary N) is 2. The fourth-order valence-electron chi connectivity index (χ4n) is 10.6. The van der Waals surface area contributed by atoms with E-state index in [1.54, 1.807) is 32.3 Å². The molecule has 2 N–H and O–H groups in total. The van der Waals surface area contributed by atoms with Crippen LogP contribution in [0.1, 0.15) is 82.7 Å². The molecule has 1 saturated carbocycles. The summed E-state index contributed by atoms with van der Waals surface area (Å²) in [6, 6.07) is 0.870. The molecule has 6 bridgehead atoms. The van der Waals surface area contributed by atoms with Crippen LogP contribution in [0.2, 0.25) is 0 Å². The van der Waals surface area contributed by atoms with Crippen LogP contribution in [0.4, 0.5) is 36.4 Å². The van der Waals surface area contributed by atoms with E-state index in [4.69, 9.17) is 19.4 Å². The van der Waals surface area contributed by atoms with E-state index in [-0.39, 0.29) is 72.7 Å². The van der Waals surface area contributed by atoms with Crippen LogP contribution in [0.5, 0.6) is 0 Å². The molecule has 2 saturated heterocycles. The molecule has 1 aromatic carbocycles. The normalized spacial score (nSPS) is 22.5. The van der Waals surface area contributed by atoms with Gasteiger partial charge in [0, 0.05) is 98.4 Å². The van der Waals surface area contributed by atoms with E-state index < -0.39 is 95.8 Å². The van der Waals surface area contributed by atoms with Crippen LogP contribution in [-0.2, 0) is 48.0 Å². The van der Waals surface area contributed by atoms with E-state index in [0.717, 1.165) is 35.1 Å². The second kappa shape index (κ2) is 22.3. The number of alkyl halides is 6. The Morgan fingerprint density at radius 1 is 1.04 bits per heavy atom. The molecule has 0 unspecified atom stereocenters. The Morgan fingerprint density at radius 3 is 2.41 bits per heavy atom. The summed E-state index contributed by atoms with van der Waals surface area (Å²) in [7, 11) is 4.91. The van der Waals surface area contributed by atoms with Crippen LogP contribution in [0.15, 0.2) is 29.8 Å². The first-order valence-electron chi connectivity index (χ1n) is 25.4. The number of pyridine rings is 1. The average Bonchev–Trinajstić information content (AvgIpc) is 3.91. The van der Waals surface area contributed by atoms with Gasteiger partial charge in [-0.15, -0.1) is 11.3 Å². The highest BCUT2D eigenvalue weighted by Crippen LogP contribution is 2.45. The maximum Gasteiger partial charge on any atom is 0.457 e. The number of nitrogens with zero attached hydrogens (tertiary/aromatic N) is 7. The minimum absolute atomic E-state index is 0.0396. The summed E-state index contributed by atoms with van der Waals surface area (Å²) in [6.45, 7) is 9.99. The number of carbonyl (C=O) groups is 4. The number of hydrazine groups is 1. The first-order valence-corrected chi connectivity index (χ1v) is 26.3. The first kappa shape index (κ1) is 56.4. The van der Waals surface area contributed by atoms with E-state index in [2.05, 4.69) is 26.5 Å². The summed E-state index contributed by atoms with van der Waals surface area (Å²) in [4.78, 5) is 71.9. The molecule has 0 radical (unpaired) electrons. The van der Waals surface area contributed by atoms with Crippen LogP contribution in [0.3, 0.4) is 0 Å². The average molecular weight is 1090 g/mol. The number of ether oxygens (including phenoxy) is 2. The number of cyclic esters (lactones) is 1. The largest absolute Gasteiger partial charge is 0.464 e. The van der Waals surface area contributed by atoms with Crippen LogP contribution in [-0.4, -0.2) is 144 Å². The van der Waals surface area contributed by atoms with Gasteiger partial charge in [0.05, 0.1) is 52.2 Å². The third kappa shape index (κ3) is 12.6. The maximum absolute atomic E-state index is 16.9. The highest BCUT2D eigenvalue weighted by atomic mass is 32.1. The summed E-state index contributed by atoms with van der Waals surface area (Å²) < 4.78 is 113. The number of hydrogen-bond acceptors (Lipinski definition) is 12. The molecule has 3 aliphatic heterocycles. The minimum atomic E-state index is -4.77. The van der Waals surface area contributed by atoms with Crippen molar-refractivity contribution in [2.24, 2.45) is 23.2 Å². The second-order valence-electron chi connectivity index (χ2n) is 21.6. The molecule has 3 fully saturated rings. The number of thiazole rings is 1. The minimum Gasteiger partial charge on any atom is -0.464 e. The smallest absolute Gasteiger partial charge is 0.457 e. The van der Waals surface area contributed by atoms with Gasteiger partial charge in [0.15, 0.2) is 0 Å². The fraction of sp³-hybridized carbons (Fsp3) is 0.585. The third-order valence-corrected chi connectivity index (χ3v) is 15.6. The van der Waals surface area contributed by atoms with Crippen molar-refractivity contribution in [1.29, 1.82) is 0 Å². The Kier molecular flexibility index (Phi) is 16.5. The molecule has 76 heavy (non-hydrogen) atoms. The number of fused-ring (bicyclic) bond motifs is 6. The second-order valence-corrected chi connectivity index (χ2v) is 22.5. The van der Waals surface area contributed by atoms with Gasteiger partial charge in [-0.05, 0) is 75.8 Å². The molecule has 15 nitrogen and oxygen atoms in total. The molecule has 4 aromatic rings. The molecule has 6 heterocycles. The third-order valence-electron chi connectivity index (χ3n) is 14.7. The Morgan fingerprint density at radius 2 is 1.75 bits per heavy atom. The van der Waals surface area contributed by atoms with Gasteiger partial charge in [-0.2, -0.15) is 26.3 Å². The number of likely N-dealkylation sites (N-methyl/N-ethyl adjacent to an activating group) is 2. The quantitative estimate of drug-likeness (QED) is 0.0913. The molecule has 3 aromatic heterocycles. The van der Waals surface area contributed by atoms with E-state index in [1.165, 1.54) is 36.1 Å². The highest BCUT2D eigenvalue weighted by molar-refractivity contribution is 7.10. The number of halogens is 7. The Hall–Kier alpha value is -5.83. The summed E-state index contributed by atoms with van der Waals surface area (Å²) >= 11 is 1.07. The summed E-state index contributed by atoms with van der Waals surface area (Å²) in [5, 5.41) is 6.18. The molecule has 3 amide bonds. The lowest BCUT2D eigenvalue weighted by atomic mass is 9.74. The molecule has 0 spiro atoms. The molecule has 4 aliphatic rings. The van der Waals surface area contributed by atoms with Crippen molar-refractivity contribution in [1.82, 2.24) is 40.1 Å². The van der Waals surface area contributed by atoms with Gasteiger partial charge in [-0.1, -0.05) is 33.6 Å². The Labute approximate surface area is 440 Å². The molecule has 4 atom stereocenters. The Bertz CT molecular complexity index is 2900. The number of esters is 1. The fourth-order valence-corrected chi connectivity index (χ4v) is 11.5. The van der Waals surface area contributed by atoms with E-state index in [1.807, 2.05) is 27.0 Å². The standard InChI is InChI=1S/C53H64F7N9O6S/c1-29(2)45(66(7)48(71)32-18-31(19-32)11-12-52(55,56)57)47(70)63-40-23-43-62-41(26-76-43)35-21-34-37(24-51(4,5)28-75-50(73)39-10-9-13-69(64-39)49(40)72)46(68(27-53(58,59)60)42(34)22-38(35)54)36-20-33(25-61-44(36)30(3)74-8)67-16-14-65(6)15-17-67/h20-22,25-26,29-32,39-40,45,64H,9-10,13-19,23-24,27-28H2,1-8H3,(H,63,70)/t30-,31?,32?,39-,40-,45-/m0/s1. The summed E-state index contributed by atoms with van der Waals surface area (Å²) in [6.07, 6.45) is -7.82. The van der Waals surface area contributed by atoms with Gasteiger partial charge >= 0.3 is 18.3 Å². The van der Waals surface area contributed by atoms with Crippen molar-refractivity contribution < 1.29 is 59.4 Å². The Balaban J connectivity index is 1.22. The number of aromatic nitrogens is 3. The van der Waals surface area contributed by atoms with Crippen LogP contribution in [0.25, 0.3) is 33.4 Å². The molecular weight excluding hydrogens is 1020 g/mol. The van der Waals surface area contributed by atoms with Gasteiger partial charge in [-0.3, -0.25) is 29.2 Å². The number of anilines is 1. The number of benzene rings is 1. The maximum atomic E-state index is 16.9. The van der Waals surface area contributed by atoms with Crippen LogP contribution in [0, 0.1) is 40.8 Å². The summed E-state index contributed by atoms with van der Waals surface area (Å²) in [5.74, 6) is -1.78. The molecular formula is C53H64F7N9O6S. The van der Waals surface area contributed by atoms with Crippen molar-refractivity contribution in [2.75, 3.05) is 65.4 Å². The predicted octanol–water partition coefficient (Wildman–Crippen LogP) is 7.71. The number of carbonyl (C=O) groups excluding carboxylic acids is 4. The van der Waals surface area contributed by atoms with Crippen molar-refractivity contribution >= 4 is 51.6 Å². The van der Waals surface area contributed by atoms with Gasteiger partial charge in [-0.25, -0.2) is 14.8 Å². The van der Waals surface area contributed by atoms with Gasteiger partial charge in [0.1, 0.15) is 30.5 Å². The topological polar surface area (TPSA) is 154 Å². The van der Waals surface area contributed by atoms with Gasteiger partial charge < -0.3 is 34.1 Å². The predicted molar refractivity (Wildman–Crippen MR) is 271 cm³/mol. The molecule has 23 heteroatoms. The zero-order valence-electron chi connectivity index (χ0n) is 43.8. The lowest BCUT2D eigenvalue weighted by Crippen LogP contribution is -2.62. The van der Waals surface area contributed by atoms with Crippen molar-refractivity contribution in [3.05, 3.63) is 51.9 Å². The highest BCUT2D eigenvalue weighted by Gasteiger charge is 2.43. The van der Waals surface area contributed by atoms with E-state index in [0.29, 0.717) is 47.4 Å². The number of amides is 3. The van der Waals surface area contributed by atoms with Crippen molar-refractivity contribution in [3.63, 3.8) is 0 Å². The van der Waals surface area contributed by atoms with E-state index >= 15 is 17.6 Å². The molecule has 8 rings (SSSR count). The number of methoxy groups -OCH3 is 1. The lowest BCUT2D eigenvalue weighted by molar-refractivity contribution is -0.155. The number of rotatable bonds is 10. The summed E-state index contributed by atoms with van der Waals surface area (Å²) in [5.41, 5.74) is 4.05. The lowest BCUT2D eigenvalue weighted by Gasteiger charge is -2.39. The zero-order valence-corrected chi connectivity index (χ0v) is 44.6. The van der Waals surface area contributed by atoms with Crippen LogP contribution >= 0.6 is 11.3 Å². The van der Waals surface area contributed by atoms with Crippen molar-refractivity contribution in [3.8, 4) is 34.4 Å². The molecule has 412 valence electrons. The SMILES string of the molecule is CO[C@@H](C)c1ncc(N2CCN(C)CC2)cc1-c1c2c3cc(c(F)cc3n1CC(F)(F)F)-c1csc(n1)C[C@H](NC(=O)[C@H](C(C)C)N(C)C(=O)C1CC(C#CC(F)(F)F)C1)C(=O)N1CCC[C@H](N1)C(=O)OCC(C)(C)C2. The monoisotopic (exact) mass is 1090 g/mol. The number of hydrogen-bond donors (Lipinski definition) is 2. The first-order chi connectivity index (χ1) is 35.7. The van der Waals surface area contributed by atoms with E-state index in [9.17, 15) is 32.3 Å². The van der Waals surface area contributed by atoms with Gasteiger partial charge in [0.25, 0.3) is 5.91 Å². The van der Waals surface area contributed by atoms with Crippen LogP contribution < -0.4 is 15.6 Å². The zero-order chi connectivity index (χ0) is 55.2. The number of piperazine rings is 1. The van der Waals surface area contributed by atoms with Gasteiger partial charge in [0.2, 0.25) is 11.8 Å². The molecule has 1 aliphatic carbocycles.